The first-order chi connectivity index (χ1) is 12.0. The van der Waals surface area contributed by atoms with Crippen molar-refractivity contribution in [2.45, 2.75) is 91.4 Å². The molecule has 0 unspecified atom stereocenters. The van der Waals surface area contributed by atoms with Crippen LogP contribution in [0.25, 0.3) is 0 Å². The van der Waals surface area contributed by atoms with Crippen molar-refractivity contribution in [2.75, 3.05) is 0 Å². The maximum absolute atomic E-state index is 11.8. The predicted molar refractivity (Wildman–Crippen MR) is 110 cm³/mol. The Kier molecular flexibility index (Phi) is 7.86. The van der Waals surface area contributed by atoms with E-state index in [0.29, 0.717) is 12.0 Å². The third kappa shape index (κ3) is 6.81. The van der Waals surface area contributed by atoms with Crippen molar-refractivity contribution in [1.82, 2.24) is 5.43 Å². The molecule has 0 atom stereocenters. The van der Waals surface area contributed by atoms with Crippen LogP contribution in [0.4, 0.5) is 0 Å². The summed E-state index contributed by atoms with van der Waals surface area (Å²) < 4.78 is 0. The lowest BCUT2D eigenvalue weighted by Crippen LogP contribution is -2.19. The van der Waals surface area contributed by atoms with E-state index in [2.05, 4.69) is 65.1 Å². The molecule has 4 nitrogen and oxygen atoms in total. The Labute approximate surface area is 159 Å². The minimum Gasteiger partial charge on any atom is -0.507 e. The molecular weight excluding hydrogens is 324 g/mol. The molecule has 1 amide bonds. The summed E-state index contributed by atoms with van der Waals surface area (Å²) in [5.74, 6) is 0.145. The average Bonchev–Trinajstić information content (AvgIpc) is 2.51. The first kappa shape index (κ1) is 22.2. The normalized spacial score (nSPS) is 12.6. The largest absolute Gasteiger partial charge is 0.507 e. The molecule has 1 aromatic carbocycles. The monoisotopic (exact) mass is 360 g/mol. The Morgan fingerprint density at radius 1 is 1.08 bits per heavy atom. The second kappa shape index (κ2) is 9.20. The minimum atomic E-state index is -0.184. The number of carbonyl (C=O) groups excluding carboxylic acids is 1. The number of unbranched alkanes of at least 4 members (excludes halogenated alkanes) is 3. The number of benzene rings is 1. The Morgan fingerprint density at radius 3 is 2.27 bits per heavy atom. The van der Waals surface area contributed by atoms with E-state index < -0.39 is 0 Å². The minimum absolute atomic E-state index is 0.0428. The number of hydrazone groups is 1. The summed E-state index contributed by atoms with van der Waals surface area (Å²) in [7, 11) is 0. The summed E-state index contributed by atoms with van der Waals surface area (Å²) >= 11 is 0. The van der Waals surface area contributed by atoms with E-state index in [9.17, 15) is 9.90 Å². The van der Waals surface area contributed by atoms with Gasteiger partial charge < -0.3 is 5.11 Å². The quantitative estimate of drug-likeness (QED) is 0.388. The number of rotatable bonds is 7. The maximum Gasteiger partial charge on any atom is 0.240 e. The van der Waals surface area contributed by atoms with Gasteiger partial charge in [-0.25, -0.2) is 5.43 Å². The maximum atomic E-state index is 11.8. The van der Waals surface area contributed by atoms with E-state index in [1.165, 1.54) is 0 Å². The van der Waals surface area contributed by atoms with Crippen LogP contribution in [0.5, 0.6) is 5.75 Å². The molecule has 26 heavy (non-hydrogen) atoms. The Bertz CT molecular complexity index is 635. The zero-order valence-electron chi connectivity index (χ0n) is 17.6. The highest BCUT2D eigenvalue weighted by molar-refractivity contribution is 5.86. The topological polar surface area (TPSA) is 61.7 Å². The number of carbonyl (C=O) groups is 1. The van der Waals surface area contributed by atoms with Crippen LogP contribution in [0.3, 0.4) is 0 Å². The molecule has 0 fully saturated rings. The number of phenols is 1. The van der Waals surface area contributed by atoms with Crippen molar-refractivity contribution in [3.8, 4) is 5.75 Å². The molecule has 0 aromatic heterocycles. The average molecular weight is 361 g/mol. The van der Waals surface area contributed by atoms with Crippen LogP contribution in [0.15, 0.2) is 17.2 Å². The number of phenolic OH excluding ortho intramolecular Hbond substituents is 1. The number of hydrogen-bond acceptors (Lipinski definition) is 3. The van der Waals surface area contributed by atoms with Gasteiger partial charge in [0.05, 0.1) is 6.21 Å². The number of hydrogen-bond donors (Lipinski definition) is 2. The van der Waals surface area contributed by atoms with Crippen molar-refractivity contribution in [1.29, 1.82) is 0 Å². The van der Waals surface area contributed by atoms with Gasteiger partial charge >= 0.3 is 0 Å². The van der Waals surface area contributed by atoms with Gasteiger partial charge in [0, 0.05) is 17.5 Å². The zero-order chi connectivity index (χ0) is 20.0. The lowest BCUT2D eigenvalue weighted by atomic mass is 9.79. The Balaban J connectivity index is 2.96. The third-order valence-electron chi connectivity index (χ3n) is 4.46. The van der Waals surface area contributed by atoms with Gasteiger partial charge in [0.2, 0.25) is 5.91 Å². The van der Waals surface area contributed by atoms with Crippen molar-refractivity contribution in [2.24, 2.45) is 5.10 Å². The van der Waals surface area contributed by atoms with Crippen LogP contribution in [-0.2, 0) is 15.6 Å². The van der Waals surface area contributed by atoms with Crippen LogP contribution >= 0.6 is 0 Å². The van der Waals surface area contributed by atoms with Gasteiger partial charge in [-0.3, -0.25) is 4.79 Å². The van der Waals surface area contributed by atoms with Crippen LogP contribution in [-0.4, -0.2) is 17.2 Å². The molecule has 0 heterocycles. The van der Waals surface area contributed by atoms with Crippen molar-refractivity contribution in [3.63, 3.8) is 0 Å². The fourth-order valence-electron chi connectivity index (χ4n) is 2.70. The van der Waals surface area contributed by atoms with Gasteiger partial charge in [-0.2, -0.15) is 5.10 Å². The molecule has 146 valence electrons. The van der Waals surface area contributed by atoms with Crippen LogP contribution in [0, 0.1) is 0 Å². The highest BCUT2D eigenvalue weighted by Crippen LogP contribution is 2.37. The number of amides is 1. The summed E-state index contributed by atoms with van der Waals surface area (Å²) in [6.45, 7) is 14.8. The van der Waals surface area contributed by atoms with Gasteiger partial charge in [0.1, 0.15) is 5.75 Å². The van der Waals surface area contributed by atoms with Crippen molar-refractivity contribution >= 4 is 12.1 Å². The molecular formula is C22H36N2O2. The SMILES string of the molecule is CCCCCCC(=O)NN=Cc1cc(C(C)(C)C)cc(C(C)(C)C)c1O. The molecule has 0 spiro atoms. The summed E-state index contributed by atoms with van der Waals surface area (Å²) in [6.07, 6.45) is 6.28. The van der Waals surface area contributed by atoms with Crippen LogP contribution in [0.2, 0.25) is 0 Å². The van der Waals surface area contributed by atoms with E-state index in [1.54, 1.807) is 6.21 Å². The molecule has 0 aliphatic carbocycles. The zero-order valence-corrected chi connectivity index (χ0v) is 17.6. The van der Waals surface area contributed by atoms with Crippen LogP contribution < -0.4 is 5.43 Å². The molecule has 0 saturated heterocycles. The van der Waals surface area contributed by atoms with Gasteiger partial charge in [-0.1, -0.05) is 73.8 Å². The second-order valence-corrected chi connectivity index (χ2v) is 9.07. The molecule has 0 saturated carbocycles. The molecule has 1 aromatic rings. The summed E-state index contributed by atoms with van der Waals surface area (Å²) in [6, 6.07) is 4.01. The number of nitrogens with zero attached hydrogens (tertiary/aromatic N) is 1. The van der Waals surface area contributed by atoms with E-state index in [-0.39, 0.29) is 22.5 Å². The predicted octanol–water partition coefficient (Wildman–Crippen LogP) is 5.41. The summed E-state index contributed by atoms with van der Waals surface area (Å²) in [5.41, 5.74) is 5.00. The first-order valence-electron chi connectivity index (χ1n) is 9.66. The fraction of sp³-hybridized carbons (Fsp3) is 0.636. The van der Waals surface area contributed by atoms with Gasteiger partial charge in [0.25, 0.3) is 0 Å². The highest BCUT2D eigenvalue weighted by atomic mass is 16.3. The van der Waals surface area contributed by atoms with Crippen LogP contribution in [0.1, 0.15) is 97.3 Å². The van der Waals surface area contributed by atoms with E-state index in [0.717, 1.165) is 36.8 Å². The van der Waals surface area contributed by atoms with Gasteiger partial charge in [-0.05, 0) is 28.9 Å². The highest BCUT2D eigenvalue weighted by Gasteiger charge is 2.24. The second-order valence-electron chi connectivity index (χ2n) is 9.07. The van der Waals surface area contributed by atoms with E-state index >= 15 is 0 Å². The Morgan fingerprint density at radius 2 is 1.73 bits per heavy atom. The molecule has 2 N–H and O–H groups in total. The molecule has 0 aliphatic rings. The molecule has 4 heteroatoms. The van der Waals surface area contributed by atoms with Gasteiger partial charge in [-0.15, -0.1) is 0 Å². The number of nitrogens with one attached hydrogen (secondary N) is 1. The lowest BCUT2D eigenvalue weighted by molar-refractivity contribution is -0.121. The van der Waals surface area contributed by atoms with Crippen molar-refractivity contribution in [3.05, 3.63) is 28.8 Å². The molecule has 0 bridgehead atoms. The van der Waals surface area contributed by atoms with E-state index in [1.807, 2.05) is 6.07 Å². The van der Waals surface area contributed by atoms with Crippen molar-refractivity contribution < 1.29 is 9.90 Å². The fourth-order valence-corrected chi connectivity index (χ4v) is 2.70. The number of aromatic hydroxyl groups is 1. The van der Waals surface area contributed by atoms with Gasteiger partial charge in [0.15, 0.2) is 0 Å². The smallest absolute Gasteiger partial charge is 0.240 e. The third-order valence-corrected chi connectivity index (χ3v) is 4.46. The molecule has 0 aliphatic heterocycles. The standard InChI is InChI=1S/C22H36N2O2/c1-8-9-10-11-12-19(25)24-23-15-16-13-17(21(2,3)4)14-18(20(16)26)22(5,6)7/h13-15,26H,8-12H2,1-7H3,(H,24,25). The van der Waals surface area contributed by atoms with E-state index in [4.69, 9.17) is 0 Å². The molecule has 0 radical (unpaired) electrons. The first-order valence-corrected chi connectivity index (χ1v) is 9.66. The summed E-state index contributed by atoms with van der Waals surface area (Å²) in [4.78, 5) is 11.8. The Hall–Kier alpha value is -1.84. The summed E-state index contributed by atoms with van der Waals surface area (Å²) in [5, 5.41) is 14.7. The lowest BCUT2D eigenvalue weighted by Gasteiger charge is -2.26. The molecule has 1 rings (SSSR count).